The molecule has 0 saturated heterocycles. The Balaban J connectivity index is 2.30. The van der Waals surface area contributed by atoms with E-state index in [0.29, 0.717) is 12.8 Å². The van der Waals surface area contributed by atoms with Crippen molar-refractivity contribution in [1.29, 1.82) is 0 Å². The minimum Gasteiger partial charge on any atom is -0.314 e. The van der Waals surface area contributed by atoms with Gasteiger partial charge in [0.1, 0.15) is 6.17 Å². The van der Waals surface area contributed by atoms with Crippen LogP contribution in [0.4, 0.5) is 4.39 Å². The highest BCUT2D eigenvalue weighted by atomic mass is 18.2. The van der Waals surface area contributed by atoms with Crippen molar-refractivity contribution in [2.45, 2.75) is 31.5 Å². The number of rotatable bonds is 1. The monoisotopic (exact) mass is 116 g/mol. The van der Waals surface area contributed by atoms with E-state index in [1.54, 1.807) is 0 Å². The summed E-state index contributed by atoms with van der Waals surface area (Å²) < 4.78 is 12.2. The first-order valence-electron chi connectivity index (χ1n) is 2.99. The highest BCUT2D eigenvalue weighted by Crippen LogP contribution is 2.33. The lowest BCUT2D eigenvalue weighted by atomic mass is 9.77. The predicted molar refractivity (Wildman–Crippen MR) is 31.6 cm³/mol. The van der Waals surface area contributed by atoms with Gasteiger partial charge in [0.2, 0.25) is 0 Å². The molecular formula is C6H12FN. The maximum atomic E-state index is 12.2. The Bertz CT molecular complexity index is 86.5. The highest BCUT2D eigenvalue weighted by molar-refractivity contribution is 4.96. The maximum absolute atomic E-state index is 12.2. The summed E-state index contributed by atoms with van der Waals surface area (Å²) in [5.74, 6) is 0. The fraction of sp³-hybridized carbons (Fsp3) is 1.00. The van der Waals surface area contributed by atoms with E-state index >= 15 is 0 Å². The molecule has 0 aromatic rings. The zero-order chi connectivity index (χ0) is 6.20. The fourth-order valence-corrected chi connectivity index (χ4v) is 1.12. The number of halogens is 1. The van der Waals surface area contributed by atoms with Crippen molar-refractivity contribution in [2.75, 3.05) is 7.05 Å². The third-order valence-corrected chi connectivity index (χ3v) is 1.95. The summed E-state index contributed by atoms with van der Waals surface area (Å²) in [6, 6.07) is 0. The molecule has 1 nitrogen and oxygen atoms in total. The molecule has 1 aliphatic carbocycles. The molecule has 0 unspecified atom stereocenters. The maximum Gasteiger partial charge on any atom is 0.104 e. The van der Waals surface area contributed by atoms with Gasteiger partial charge in [-0.15, -0.1) is 0 Å². The Morgan fingerprint density at radius 3 is 2.25 bits per heavy atom. The van der Waals surface area contributed by atoms with E-state index < -0.39 is 6.17 Å². The van der Waals surface area contributed by atoms with Crippen LogP contribution in [0.1, 0.15) is 19.8 Å². The summed E-state index contributed by atoms with van der Waals surface area (Å²) in [6.07, 6.45) is 0.819. The molecule has 0 atom stereocenters. The van der Waals surface area contributed by atoms with Crippen LogP contribution in [0.2, 0.25) is 0 Å². The first kappa shape index (κ1) is 6.02. The lowest BCUT2D eigenvalue weighted by Crippen LogP contribution is -2.52. The molecule has 1 rings (SSSR count). The quantitative estimate of drug-likeness (QED) is 0.541. The molecule has 0 amide bonds. The second-order valence-electron chi connectivity index (χ2n) is 2.82. The van der Waals surface area contributed by atoms with Gasteiger partial charge in [-0.25, -0.2) is 4.39 Å². The van der Waals surface area contributed by atoms with E-state index in [9.17, 15) is 4.39 Å². The van der Waals surface area contributed by atoms with Gasteiger partial charge in [-0.3, -0.25) is 0 Å². The lowest BCUT2D eigenvalue weighted by molar-refractivity contribution is 0.0884. The summed E-state index contributed by atoms with van der Waals surface area (Å²) in [5.41, 5.74) is 0.111. The first-order valence-corrected chi connectivity index (χ1v) is 2.99. The van der Waals surface area contributed by atoms with Crippen molar-refractivity contribution >= 4 is 0 Å². The summed E-state index contributed by atoms with van der Waals surface area (Å²) in [5, 5.41) is 3.07. The third kappa shape index (κ3) is 0.848. The number of hydrogen-bond donors (Lipinski definition) is 1. The smallest absolute Gasteiger partial charge is 0.104 e. The van der Waals surface area contributed by atoms with E-state index in [1.165, 1.54) is 0 Å². The zero-order valence-electron chi connectivity index (χ0n) is 5.37. The molecule has 0 heterocycles. The van der Waals surface area contributed by atoms with E-state index in [0.717, 1.165) is 0 Å². The molecule has 0 aromatic heterocycles. The van der Waals surface area contributed by atoms with Crippen LogP contribution >= 0.6 is 0 Å². The summed E-state index contributed by atoms with van der Waals surface area (Å²) >= 11 is 0. The van der Waals surface area contributed by atoms with Crippen molar-refractivity contribution in [3.8, 4) is 0 Å². The molecule has 0 radical (unpaired) electrons. The standard InChI is InChI=1S/C6H12FN/c1-6(8-2)3-5(7)4-6/h5,8H,3-4H2,1-2H3/i7-1. The average Bonchev–Trinajstić information content (AvgIpc) is 1.63. The van der Waals surface area contributed by atoms with Crippen LogP contribution in [-0.4, -0.2) is 18.8 Å². The van der Waals surface area contributed by atoms with E-state index in [2.05, 4.69) is 5.32 Å². The fourth-order valence-electron chi connectivity index (χ4n) is 1.12. The topological polar surface area (TPSA) is 12.0 Å². The average molecular weight is 116 g/mol. The minimum absolute atomic E-state index is 0.111. The molecule has 8 heavy (non-hydrogen) atoms. The van der Waals surface area contributed by atoms with Crippen LogP contribution in [0.25, 0.3) is 0 Å². The third-order valence-electron chi connectivity index (χ3n) is 1.95. The zero-order valence-corrected chi connectivity index (χ0v) is 5.37. The van der Waals surface area contributed by atoms with Crippen molar-refractivity contribution in [3.63, 3.8) is 0 Å². The Morgan fingerprint density at radius 2 is 2.12 bits per heavy atom. The highest BCUT2D eigenvalue weighted by Gasteiger charge is 2.38. The summed E-state index contributed by atoms with van der Waals surface area (Å²) in [7, 11) is 1.88. The van der Waals surface area contributed by atoms with Gasteiger partial charge in [0.25, 0.3) is 0 Å². The Labute approximate surface area is 49.3 Å². The second-order valence-corrected chi connectivity index (χ2v) is 2.82. The van der Waals surface area contributed by atoms with Gasteiger partial charge in [0, 0.05) is 5.54 Å². The SMILES string of the molecule is CNC1(C)CC([18F])C1. The van der Waals surface area contributed by atoms with Crippen LogP contribution in [-0.2, 0) is 0 Å². The van der Waals surface area contributed by atoms with Crippen LogP contribution in [0.15, 0.2) is 0 Å². The van der Waals surface area contributed by atoms with Gasteiger partial charge >= 0.3 is 0 Å². The van der Waals surface area contributed by atoms with Gasteiger partial charge in [-0.1, -0.05) is 0 Å². The summed E-state index contributed by atoms with van der Waals surface area (Å²) in [4.78, 5) is 0. The molecule has 2 heteroatoms. The largest absolute Gasteiger partial charge is 0.314 e. The van der Waals surface area contributed by atoms with Gasteiger partial charge < -0.3 is 5.32 Å². The first-order chi connectivity index (χ1) is 3.66. The molecule has 1 fully saturated rings. The Hall–Kier alpha value is -0.110. The predicted octanol–water partition coefficient (Wildman–Crippen LogP) is 1.10. The molecular weight excluding hydrogens is 104 g/mol. The molecule has 48 valence electrons. The van der Waals surface area contributed by atoms with E-state index in [1.807, 2.05) is 14.0 Å². The van der Waals surface area contributed by atoms with Crippen molar-refractivity contribution in [3.05, 3.63) is 0 Å². The lowest BCUT2D eigenvalue weighted by Gasteiger charge is -2.40. The van der Waals surface area contributed by atoms with Crippen molar-refractivity contribution < 1.29 is 4.39 Å². The second kappa shape index (κ2) is 1.69. The van der Waals surface area contributed by atoms with Crippen LogP contribution in [0, 0.1) is 0 Å². The summed E-state index contributed by atoms with van der Waals surface area (Å²) in [6.45, 7) is 2.04. The van der Waals surface area contributed by atoms with Crippen molar-refractivity contribution in [1.82, 2.24) is 5.32 Å². The molecule has 0 spiro atoms. The van der Waals surface area contributed by atoms with Crippen molar-refractivity contribution in [2.24, 2.45) is 0 Å². The van der Waals surface area contributed by atoms with E-state index in [4.69, 9.17) is 0 Å². The number of nitrogens with one attached hydrogen (secondary N) is 1. The molecule has 0 bridgehead atoms. The number of alkyl halides is 1. The molecule has 1 N–H and O–H groups in total. The molecule has 1 aliphatic rings. The van der Waals surface area contributed by atoms with Gasteiger partial charge in [0.15, 0.2) is 0 Å². The van der Waals surface area contributed by atoms with Gasteiger partial charge in [0.05, 0.1) is 0 Å². The number of hydrogen-bond acceptors (Lipinski definition) is 1. The molecule has 1 saturated carbocycles. The van der Waals surface area contributed by atoms with Crippen LogP contribution < -0.4 is 5.32 Å². The van der Waals surface area contributed by atoms with Gasteiger partial charge in [-0.05, 0) is 26.8 Å². The normalized spacial score (nSPS) is 46.1. The minimum atomic E-state index is -0.549. The van der Waals surface area contributed by atoms with Crippen LogP contribution in [0.3, 0.4) is 0 Å². The molecule has 0 aliphatic heterocycles. The Morgan fingerprint density at radius 1 is 1.62 bits per heavy atom. The van der Waals surface area contributed by atoms with Crippen LogP contribution in [0.5, 0.6) is 0 Å². The Kier molecular flexibility index (Phi) is 1.27. The molecule has 0 aromatic carbocycles. The van der Waals surface area contributed by atoms with Gasteiger partial charge in [-0.2, -0.15) is 0 Å². The van der Waals surface area contributed by atoms with E-state index in [-0.39, 0.29) is 5.54 Å².